The van der Waals surface area contributed by atoms with Crippen molar-refractivity contribution < 1.29 is 23.1 Å². The Morgan fingerprint density at radius 1 is 1.14 bits per heavy atom. The summed E-state index contributed by atoms with van der Waals surface area (Å²) >= 11 is 0. The predicted octanol–water partition coefficient (Wildman–Crippen LogP) is 4.31. The average molecular weight is 518 g/mol. The highest BCUT2D eigenvalue weighted by molar-refractivity contribution is 5.80. The van der Waals surface area contributed by atoms with Crippen molar-refractivity contribution in [1.82, 2.24) is 19.5 Å². The Morgan fingerprint density at radius 3 is 2.49 bits per heavy atom. The second-order valence-electron chi connectivity index (χ2n) is 10.4. The number of nitrogens with two attached hydrogens (primary N) is 1. The lowest BCUT2D eigenvalue weighted by atomic mass is 9.73. The number of benzene rings is 1. The first-order valence-electron chi connectivity index (χ1n) is 12.5. The third-order valence-corrected chi connectivity index (χ3v) is 7.67. The molecule has 2 aliphatic carbocycles. The van der Waals surface area contributed by atoms with Crippen LogP contribution >= 0.6 is 0 Å². The standard InChI is InChI=1S/C25H30F3N7O2/c1-25(22(29)37)7-5-15(6-8-25)35-21-19(12-30-23(34-21)31-14-3-2-4-16(36)11-14)32-24(35)33-20-17(27)9-13(26)10-18(20)28/h9-10,12,14-16,36H,2-8,11H2,1H3,(H2,29,37)(H,32,33)(H,30,31,34)/t14-,15-,16+,25-/m1/s1. The number of aliphatic hydroxyl groups is 1. The fourth-order valence-corrected chi connectivity index (χ4v) is 5.39. The van der Waals surface area contributed by atoms with Crippen molar-refractivity contribution in [2.75, 3.05) is 10.6 Å². The van der Waals surface area contributed by atoms with Crippen LogP contribution in [0.4, 0.5) is 30.8 Å². The molecule has 3 aromatic rings. The van der Waals surface area contributed by atoms with Gasteiger partial charge in [-0.05, 0) is 51.4 Å². The smallest absolute Gasteiger partial charge is 0.224 e. The Morgan fingerprint density at radius 2 is 1.84 bits per heavy atom. The average Bonchev–Trinajstić information content (AvgIpc) is 3.19. The zero-order valence-electron chi connectivity index (χ0n) is 20.5. The molecule has 2 saturated carbocycles. The number of primary amides is 1. The largest absolute Gasteiger partial charge is 0.393 e. The first-order valence-corrected chi connectivity index (χ1v) is 12.5. The van der Waals surface area contributed by atoms with E-state index in [4.69, 9.17) is 5.73 Å². The Labute approximate surface area is 211 Å². The molecule has 0 spiro atoms. The molecule has 2 fully saturated rings. The molecule has 0 bridgehead atoms. The highest BCUT2D eigenvalue weighted by atomic mass is 19.1. The second kappa shape index (κ2) is 9.81. The van der Waals surface area contributed by atoms with Crippen molar-refractivity contribution >= 4 is 34.7 Å². The summed E-state index contributed by atoms with van der Waals surface area (Å²) in [6.07, 6.45) is 6.46. The molecule has 5 N–H and O–H groups in total. The topological polar surface area (TPSA) is 131 Å². The number of nitrogens with one attached hydrogen (secondary N) is 2. The lowest BCUT2D eigenvalue weighted by molar-refractivity contribution is -0.128. The highest BCUT2D eigenvalue weighted by Crippen LogP contribution is 2.43. The number of imidazole rings is 1. The summed E-state index contributed by atoms with van der Waals surface area (Å²) in [6, 6.07) is 1.02. The zero-order valence-corrected chi connectivity index (χ0v) is 20.5. The number of carbonyl (C=O) groups excluding carboxylic acids is 1. The van der Waals surface area contributed by atoms with Crippen molar-refractivity contribution in [2.45, 2.75) is 76.5 Å². The number of aliphatic hydroxyl groups excluding tert-OH is 1. The summed E-state index contributed by atoms with van der Waals surface area (Å²) in [5.41, 5.74) is 5.31. The van der Waals surface area contributed by atoms with Gasteiger partial charge in [-0.15, -0.1) is 0 Å². The normalized spacial score (nSPS) is 26.2. The number of anilines is 3. The number of rotatable bonds is 6. The number of fused-ring (bicyclic) bond motifs is 1. The van der Waals surface area contributed by atoms with Gasteiger partial charge < -0.3 is 21.5 Å². The van der Waals surface area contributed by atoms with Gasteiger partial charge in [-0.25, -0.2) is 23.1 Å². The fourth-order valence-electron chi connectivity index (χ4n) is 5.39. The molecular formula is C25H30F3N7O2. The van der Waals surface area contributed by atoms with Crippen LogP contribution in [0.15, 0.2) is 18.3 Å². The number of hydrogen-bond acceptors (Lipinski definition) is 7. The van der Waals surface area contributed by atoms with E-state index in [1.807, 2.05) is 6.92 Å². The number of nitrogens with zero attached hydrogens (tertiary/aromatic N) is 4. The Hall–Kier alpha value is -3.41. The summed E-state index contributed by atoms with van der Waals surface area (Å²) in [5, 5.41) is 16.0. The molecule has 1 amide bonds. The number of hydrogen-bond donors (Lipinski definition) is 4. The monoisotopic (exact) mass is 517 g/mol. The van der Waals surface area contributed by atoms with Crippen LogP contribution in [0.2, 0.25) is 0 Å². The van der Waals surface area contributed by atoms with Crippen molar-refractivity contribution in [3.63, 3.8) is 0 Å². The number of amides is 1. The second-order valence-corrected chi connectivity index (χ2v) is 10.4. The molecule has 2 heterocycles. The fraction of sp³-hybridized carbons (Fsp3) is 0.520. The number of carbonyl (C=O) groups is 1. The van der Waals surface area contributed by atoms with Crippen molar-refractivity contribution in [1.29, 1.82) is 0 Å². The van der Waals surface area contributed by atoms with Gasteiger partial charge in [0, 0.05) is 29.6 Å². The van der Waals surface area contributed by atoms with Crippen LogP contribution in [-0.2, 0) is 4.79 Å². The summed E-state index contributed by atoms with van der Waals surface area (Å²) in [4.78, 5) is 25.5. The molecule has 1 aromatic carbocycles. The van der Waals surface area contributed by atoms with Crippen LogP contribution in [0.5, 0.6) is 0 Å². The third kappa shape index (κ3) is 5.07. The minimum absolute atomic E-state index is 0.0172. The molecule has 9 nitrogen and oxygen atoms in total. The molecule has 0 unspecified atom stereocenters. The first-order chi connectivity index (χ1) is 17.6. The molecule has 0 radical (unpaired) electrons. The van der Waals surface area contributed by atoms with Crippen molar-refractivity contribution in [3.05, 3.63) is 35.8 Å². The molecule has 0 aliphatic heterocycles. The Balaban J connectivity index is 1.52. The molecule has 198 valence electrons. The lowest BCUT2D eigenvalue weighted by Crippen LogP contribution is -2.38. The van der Waals surface area contributed by atoms with E-state index < -0.39 is 28.6 Å². The van der Waals surface area contributed by atoms with Gasteiger partial charge in [0.05, 0.1) is 12.3 Å². The van der Waals surface area contributed by atoms with E-state index in [2.05, 4.69) is 25.6 Å². The molecule has 2 aromatic heterocycles. The van der Waals surface area contributed by atoms with Gasteiger partial charge in [0.2, 0.25) is 17.8 Å². The molecule has 2 atom stereocenters. The minimum Gasteiger partial charge on any atom is -0.393 e. The SMILES string of the molecule is C[C@]1(C(N)=O)CC[C@H](n2c(Nc3c(F)cc(F)cc3F)nc3cnc(N[C@@H]4CCC[C@H](O)C4)nc32)CC1. The van der Waals surface area contributed by atoms with Gasteiger partial charge in [0.1, 0.15) is 17.0 Å². The van der Waals surface area contributed by atoms with Gasteiger partial charge in [-0.1, -0.05) is 6.92 Å². The summed E-state index contributed by atoms with van der Waals surface area (Å²) < 4.78 is 44.2. The first kappa shape index (κ1) is 25.2. The van der Waals surface area contributed by atoms with Gasteiger partial charge >= 0.3 is 0 Å². The van der Waals surface area contributed by atoms with Crippen LogP contribution in [0, 0.1) is 22.9 Å². The van der Waals surface area contributed by atoms with Gasteiger partial charge in [-0.2, -0.15) is 4.98 Å². The third-order valence-electron chi connectivity index (χ3n) is 7.67. The molecule has 0 saturated heterocycles. The van der Waals surface area contributed by atoms with E-state index in [0.717, 1.165) is 19.3 Å². The van der Waals surface area contributed by atoms with Crippen LogP contribution in [0.25, 0.3) is 11.2 Å². The minimum atomic E-state index is -1.09. The maximum absolute atomic E-state index is 14.5. The van der Waals surface area contributed by atoms with Crippen molar-refractivity contribution in [3.8, 4) is 0 Å². The Bertz CT molecular complexity index is 1300. The molecule has 12 heteroatoms. The number of halogens is 3. The molecular weight excluding hydrogens is 487 g/mol. The Kier molecular flexibility index (Phi) is 6.69. The van der Waals surface area contributed by atoms with Crippen LogP contribution in [-0.4, -0.2) is 42.7 Å². The molecule has 2 aliphatic rings. The van der Waals surface area contributed by atoms with E-state index >= 15 is 0 Å². The van der Waals surface area contributed by atoms with E-state index in [-0.39, 0.29) is 30.0 Å². The summed E-state index contributed by atoms with van der Waals surface area (Å²) in [7, 11) is 0. The summed E-state index contributed by atoms with van der Waals surface area (Å²) in [6.45, 7) is 1.84. The van der Waals surface area contributed by atoms with Crippen LogP contribution < -0.4 is 16.4 Å². The molecule has 5 rings (SSSR count). The van der Waals surface area contributed by atoms with E-state index in [0.29, 0.717) is 61.3 Å². The van der Waals surface area contributed by atoms with E-state index in [1.54, 1.807) is 4.57 Å². The maximum Gasteiger partial charge on any atom is 0.224 e. The van der Waals surface area contributed by atoms with Gasteiger partial charge in [0.25, 0.3) is 0 Å². The van der Waals surface area contributed by atoms with Gasteiger partial charge in [0.15, 0.2) is 17.3 Å². The van der Waals surface area contributed by atoms with E-state index in [9.17, 15) is 23.1 Å². The number of aromatic nitrogens is 4. The van der Waals surface area contributed by atoms with Crippen molar-refractivity contribution in [2.24, 2.45) is 11.1 Å². The van der Waals surface area contributed by atoms with E-state index in [1.165, 1.54) is 6.20 Å². The summed E-state index contributed by atoms with van der Waals surface area (Å²) in [5.74, 6) is -3.08. The highest BCUT2D eigenvalue weighted by Gasteiger charge is 2.38. The van der Waals surface area contributed by atoms with Crippen LogP contribution in [0.3, 0.4) is 0 Å². The lowest BCUT2D eigenvalue weighted by Gasteiger charge is -2.35. The van der Waals surface area contributed by atoms with Gasteiger partial charge in [-0.3, -0.25) is 9.36 Å². The zero-order chi connectivity index (χ0) is 26.3. The quantitative estimate of drug-likeness (QED) is 0.383. The van der Waals surface area contributed by atoms with Crippen LogP contribution in [0.1, 0.15) is 64.3 Å². The predicted molar refractivity (Wildman–Crippen MR) is 132 cm³/mol. The molecule has 37 heavy (non-hydrogen) atoms. The maximum atomic E-state index is 14.5.